The van der Waals surface area contributed by atoms with Gasteiger partial charge in [-0.15, -0.1) is 0 Å². The van der Waals surface area contributed by atoms with Crippen molar-refractivity contribution in [2.45, 2.75) is 11.8 Å². The van der Waals surface area contributed by atoms with Crippen LogP contribution in [-0.4, -0.2) is 29.0 Å². The molecule has 0 saturated heterocycles. The highest BCUT2D eigenvalue weighted by Gasteiger charge is 2.14. The molecule has 2 N–H and O–H groups in total. The number of aryl methyl sites for hydroxylation is 1. The molecule has 0 aliphatic rings. The van der Waals surface area contributed by atoms with E-state index in [0.29, 0.717) is 11.5 Å². The largest absolute Gasteiger partial charge is 0.381 e. The van der Waals surface area contributed by atoms with E-state index in [1.807, 2.05) is 6.92 Å². The quantitative estimate of drug-likeness (QED) is 0.778. The van der Waals surface area contributed by atoms with E-state index >= 15 is 0 Å². The number of imidazole rings is 1. The third kappa shape index (κ3) is 2.25. The van der Waals surface area contributed by atoms with E-state index in [1.54, 1.807) is 41.2 Å². The Bertz CT molecular complexity index is 945. The third-order valence-corrected chi connectivity index (χ3v) is 4.48. The third-order valence-electron chi connectivity index (χ3n) is 3.37. The fourth-order valence-electron chi connectivity index (χ4n) is 2.25. The van der Waals surface area contributed by atoms with Crippen molar-refractivity contribution in [3.8, 4) is 11.3 Å². The topological polar surface area (TPSA) is 90.3 Å². The van der Waals surface area contributed by atoms with Gasteiger partial charge in [-0.2, -0.15) is 0 Å². The van der Waals surface area contributed by atoms with Gasteiger partial charge in [0.1, 0.15) is 0 Å². The molecule has 0 radical (unpaired) electrons. The zero-order chi connectivity index (χ0) is 15.2. The van der Waals surface area contributed by atoms with Crippen LogP contribution in [0.15, 0.2) is 41.7 Å². The highest BCUT2D eigenvalue weighted by Crippen LogP contribution is 2.27. The lowest BCUT2D eigenvalue weighted by Gasteiger charge is -2.08. The number of nitrogen functional groups attached to an aromatic ring is 1. The Kier molecular flexibility index (Phi) is 2.94. The Balaban J connectivity index is 2.30. The first-order valence-electron chi connectivity index (χ1n) is 6.26. The molecule has 0 aliphatic carbocycles. The van der Waals surface area contributed by atoms with Gasteiger partial charge >= 0.3 is 0 Å². The molecule has 0 fully saturated rings. The summed E-state index contributed by atoms with van der Waals surface area (Å²) in [5.74, 6) is 0.334. The maximum atomic E-state index is 11.7. The molecule has 3 rings (SSSR count). The number of sulfone groups is 1. The van der Waals surface area contributed by atoms with Crippen molar-refractivity contribution in [1.82, 2.24) is 14.4 Å². The fraction of sp³-hybridized carbons (Fsp3) is 0.143. The van der Waals surface area contributed by atoms with E-state index < -0.39 is 9.84 Å². The van der Waals surface area contributed by atoms with E-state index in [4.69, 9.17) is 5.73 Å². The Labute approximate surface area is 122 Å². The summed E-state index contributed by atoms with van der Waals surface area (Å²) in [4.78, 5) is 8.52. The van der Waals surface area contributed by atoms with Gasteiger partial charge in [0.15, 0.2) is 21.3 Å². The molecule has 7 heteroatoms. The van der Waals surface area contributed by atoms with Crippen molar-refractivity contribution in [3.63, 3.8) is 0 Å². The number of nitrogens with zero attached hydrogens (tertiary/aromatic N) is 3. The second-order valence-electron chi connectivity index (χ2n) is 4.90. The molecule has 0 amide bonds. The molecule has 0 spiro atoms. The van der Waals surface area contributed by atoms with Crippen LogP contribution in [0.5, 0.6) is 0 Å². The average molecular weight is 302 g/mol. The molecule has 0 bridgehead atoms. The minimum absolute atomic E-state index is 0.278. The molecule has 0 atom stereocenters. The summed E-state index contributed by atoms with van der Waals surface area (Å²) < 4.78 is 25.3. The monoisotopic (exact) mass is 302 g/mol. The first kappa shape index (κ1) is 13.6. The Morgan fingerprint density at radius 3 is 2.71 bits per heavy atom. The molecule has 0 unspecified atom stereocenters. The highest BCUT2D eigenvalue weighted by molar-refractivity contribution is 7.90. The SMILES string of the molecule is Cc1ccc(S(C)(=O)=O)cc1-c1cnc2c(N)nccn12. The van der Waals surface area contributed by atoms with Gasteiger partial charge in [0, 0.05) is 24.2 Å². The van der Waals surface area contributed by atoms with Crippen LogP contribution >= 0.6 is 0 Å². The lowest BCUT2D eigenvalue weighted by atomic mass is 10.1. The number of rotatable bonds is 2. The van der Waals surface area contributed by atoms with Crippen LogP contribution in [-0.2, 0) is 9.84 Å². The second kappa shape index (κ2) is 4.56. The van der Waals surface area contributed by atoms with Gasteiger partial charge in [0.2, 0.25) is 0 Å². The summed E-state index contributed by atoms with van der Waals surface area (Å²) in [6, 6.07) is 5.05. The van der Waals surface area contributed by atoms with Gasteiger partial charge in [0.25, 0.3) is 0 Å². The summed E-state index contributed by atoms with van der Waals surface area (Å²) in [6.07, 6.45) is 6.20. The maximum absolute atomic E-state index is 11.7. The van der Waals surface area contributed by atoms with Crippen LogP contribution in [0.1, 0.15) is 5.56 Å². The smallest absolute Gasteiger partial charge is 0.180 e. The fourth-order valence-corrected chi connectivity index (χ4v) is 2.89. The average Bonchev–Trinajstić information content (AvgIpc) is 2.83. The molecule has 0 aliphatic heterocycles. The van der Waals surface area contributed by atoms with Crippen molar-refractivity contribution in [2.24, 2.45) is 0 Å². The molecule has 21 heavy (non-hydrogen) atoms. The van der Waals surface area contributed by atoms with Crippen LogP contribution in [0.25, 0.3) is 16.9 Å². The van der Waals surface area contributed by atoms with Crippen LogP contribution in [0.2, 0.25) is 0 Å². The van der Waals surface area contributed by atoms with Gasteiger partial charge in [-0.3, -0.25) is 4.40 Å². The van der Waals surface area contributed by atoms with Crippen molar-refractivity contribution in [3.05, 3.63) is 42.4 Å². The summed E-state index contributed by atoms with van der Waals surface area (Å²) in [6.45, 7) is 1.92. The zero-order valence-corrected chi connectivity index (χ0v) is 12.4. The molecule has 108 valence electrons. The molecule has 6 nitrogen and oxygen atoms in total. The number of aromatic nitrogens is 3. The minimum atomic E-state index is -3.26. The van der Waals surface area contributed by atoms with Crippen LogP contribution in [0, 0.1) is 6.92 Å². The number of nitrogens with two attached hydrogens (primary N) is 1. The summed E-state index contributed by atoms with van der Waals surface area (Å²) in [5, 5.41) is 0. The Morgan fingerprint density at radius 1 is 1.24 bits per heavy atom. The highest BCUT2D eigenvalue weighted by atomic mass is 32.2. The Hall–Kier alpha value is -2.41. The molecule has 2 heterocycles. The van der Waals surface area contributed by atoms with E-state index in [0.717, 1.165) is 16.8 Å². The summed E-state index contributed by atoms with van der Waals surface area (Å²) in [5.41, 5.74) is 8.89. The number of anilines is 1. The van der Waals surface area contributed by atoms with Crippen molar-refractivity contribution >= 4 is 21.3 Å². The number of fused-ring (bicyclic) bond motifs is 1. The number of hydrogen-bond acceptors (Lipinski definition) is 5. The maximum Gasteiger partial charge on any atom is 0.180 e. The number of benzene rings is 1. The van der Waals surface area contributed by atoms with Crippen molar-refractivity contribution in [2.75, 3.05) is 12.0 Å². The molecule has 1 aromatic carbocycles. The summed E-state index contributed by atoms with van der Waals surface area (Å²) in [7, 11) is -3.26. The van der Waals surface area contributed by atoms with E-state index in [2.05, 4.69) is 9.97 Å². The van der Waals surface area contributed by atoms with Crippen LogP contribution in [0.3, 0.4) is 0 Å². The first-order valence-corrected chi connectivity index (χ1v) is 8.15. The predicted octanol–water partition coefficient (Wildman–Crippen LogP) is 1.69. The summed E-state index contributed by atoms with van der Waals surface area (Å²) >= 11 is 0. The second-order valence-corrected chi connectivity index (χ2v) is 6.91. The zero-order valence-electron chi connectivity index (χ0n) is 11.6. The van der Waals surface area contributed by atoms with Gasteiger partial charge in [-0.25, -0.2) is 18.4 Å². The predicted molar refractivity (Wildman–Crippen MR) is 80.7 cm³/mol. The van der Waals surface area contributed by atoms with E-state index in [-0.39, 0.29) is 4.90 Å². The van der Waals surface area contributed by atoms with E-state index in [9.17, 15) is 8.42 Å². The first-order chi connectivity index (χ1) is 9.88. The number of hydrogen-bond donors (Lipinski definition) is 1. The molecular weight excluding hydrogens is 288 g/mol. The molecule has 3 aromatic rings. The van der Waals surface area contributed by atoms with Gasteiger partial charge in [-0.1, -0.05) is 6.07 Å². The van der Waals surface area contributed by atoms with Crippen molar-refractivity contribution < 1.29 is 8.42 Å². The standard InChI is InChI=1S/C14H14N4O2S/c1-9-3-4-10(21(2,19)20)7-11(9)12-8-17-14-13(15)16-5-6-18(12)14/h3-8H,1-2H3,(H2,15,16). The molecule has 0 saturated carbocycles. The lowest BCUT2D eigenvalue weighted by molar-refractivity contribution is 0.602. The van der Waals surface area contributed by atoms with Gasteiger partial charge < -0.3 is 5.73 Å². The van der Waals surface area contributed by atoms with E-state index in [1.165, 1.54) is 6.26 Å². The van der Waals surface area contributed by atoms with Crippen LogP contribution in [0.4, 0.5) is 5.82 Å². The molecular formula is C14H14N4O2S. The minimum Gasteiger partial charge on any atom is -0.381 e. The van der Waals surface area contributed by atoms with Gasteiger partial charge in [-0.05, 0) is 24.6 Å². The van der Waals surface area contributed by atoms with Gasteiger partial charge in [0.05, 0.1) is 16.8 Å². The normalized spacial score (nSPS) is 11.9. The molecule has 2 aromatic heterocycles. The van der Waals surface area contributed by atoms with Crippen LogP contribution < -0.4 is 5.73 Å². The Morgan fingerprint density at radius 2 is 2.00 bits per heavy atom. The lowest BCUT2D eigenvalue weighted by Crippen LogP contribution is -2.00. The van der Waals surface area contributed by atoms with Crippen molar-refractivity contribution in [1.29, 1.82) is 0 Å².